The lowest BCUT2D eigenvalue weighted by Gasteiger charge is -2.27. The van der Waals surface area contributed by atoms with Crippen LogP contribution < -0.4 is 15.5 Å². The first-order valence-corrected chi connectivity index (χ1v) is 13.4. The fourth-order valence-corrected chi connectivity index (χ4v) is 4.89. The number of aromatic nitrogens is 5. The van der Waals surface area contributed by atoms with E-state index >= 15 is 0 Å². The molecular formula is C28H31N9O4. The van der Waals surface area contributed by atoms with E-state index in [-0.39, 0.29) is 24.4 Å². The highest BCUT2D eigenvalue weighted by Crippen LogP contribution is 2.37. The van der Waals surface area contributed by atoms with Gasteiger partial charge in [-0.1, -0.05) is 30.3 Å². The molecule has 3 aromatic heterocycles. The van der Waals surface area contributed by atoms with Crippen molar-refractivity contribution in [3.63, 3.8) is 0 Å². The number of hydrogen-bond donors (Lipinski definition) is 3. The molecule has 2 aliphatic heterocycles. The molecule has 5 heterocycles. The number of nitrogens with one attached hydrogen (secondary N) is 2. The van der Waals surface area contributed by atoms with Gasteiger partial charge >= 0.3 is 0 Å². The lowest BCUT2D eigenvalue weighted by atomic mass is 10.00. The lowest BCUT2D eigenvalue weighted by Crippen LogP contribution is -2.36. The SMILES string of the molecule is CN1C(=O)c2ccc(Nc3ncc(-c4nc(N5CCOCC5)no4)c(N[C@H](CO)c4ccccc4)n3)nc2C1(C)C. The van der Waals surface area contributed by atoms with Crippen molar-refractivity contribution in [2.75, 3.05) is 55.5 Å². The molecule has 3 N–H and O–H groups in total. The van der Waals surface area contributed by atoms with Gasteiger partial charge in [-0.05, 0) is 36.7 Å². The molecule has 0 aliphatic carbocycles. The lowest BCUT2D eigenvalue weighted by molar-refractivity contribution is 0.0688. The number of morpholine rings is 1. The van der Waals surface area contributed by atoms with Crippen molar-refractivity contribution in [1.82, 2.24) is 30.0 Å². The van der Waals surface area contributed by atoms with Gasteiger partial charge in [0.25, 0.3) is 17.7 Å². The van der Waals surface area contributed by atoms with E-state index in [1.807, 2.05) is 49.1 Å². The number of fused-ring (bicyclic) bond motifs is 1. The van der Waals surface area contributed by atoms with E-state index in [9.17, 15) is 9.90 Å². The number of anilines is 4. The van der Waals surface area contributed by atoms with E-state index < -0.39 is 11.6 Å². The zero-order chi connectivity index (χ0) is 28.6. The van der Waals surface area contributed by atoms with Crippen molar-refractivity contribution >= 4 is 29.4 Å². The molecule has 1 saturated heterocycles. The van der Waals surface area contributed by atoms with Crippen molar-refractivity contribution in [3.8, 4) is 11.5 Å². The van der Waals surface area contributed by atoms with E-state index in [1.54, 1.807) is 30.3 Å². The summed E-state index contributed by atoms with van der Waals surface area (Å²) >= 11 is 0. The molecule has 41 heavy (non-hydrogen) atoms. The van der Waals surface area contributed by atoms with E-state index in [0.29, 0.717) is 60.7 Å². The number of carbonyl (C=O) groups excluding carboxylic acids is 1. The van der Waals surface area contributed by atoms with Crippen molar-refractivity contribution in [3.05, 3.63) is 65.5 Å². The Balaban J connectivity index is 1.34. The minimum Gasteiger partial charge on any atom is -0.394 e. The minimum absolute atomic E-state index is 0.0666. The molecule has 0 bridgehead atoms. The molecule has 0 unspecified atom stereocenters. The average Bonchev–Trinajstić information content (AvgIpc) is 3.55. The Hall–Kier alpha value is -4.62. The van der Waals surface area contributed by atoms with Gasteiger partial charge in [0.2, 0.25) is 5.95 Å². The van der Waals surface area contributed by atoms with Gasteiger partial charge in [-0.2, -0.15) is 9.97 Å². The summed E-state index contributed by atoms with van der Waals surface area (Å²) < 4.78 is 11.0. The van der Waals surface area contributed by atoms with Crippen LogP contribution in [0.4, 0.5) is 23.5 Å². The van der Waals surface area contributed by atoms with Gasteiger partial charge in [-0.3, -0.25) is 4.79 Å². The van der Waals surface area contributed by atoms with Crippen LogP contribution >= 0.6 is 0 Å². The maximum atomic E-state index is 12.6. The second-order valence-corrected chi connectivity index (χ2v) is 10.4. The van der Waals surface area contributed by atoms with Gasteiger partial charge in [0.1, 0.15) is 17.2 Å². The maximum absolute atomic E-state index is 12.6. The van der Waals surface area contributed by atoms with Crippen LogP contribution in [-0.2, 0) is 10.3 Å². The number of aliphatic hydroxyl groups is 1. The molecule has 13 nitrogen and oxygen atoms in total. The molecule has 212 valence electrons. The largest absolute Gasteiger partial charge is 0.394 e. The van der Waals surface area contributed by atoms with E-state index in [1.165, 1.54) is 0 Å². The van der Waals surface area contributed by atoms with Crippen LogP contribution in [0.5, 0.6) is 0 Å². The van der Waals surface area contributed by atoms with Crippen LogP contribution in [0.15, 0.2) is 53.2 Å². The van der Waals surface area contributed by atoms with Crippen molar-refractivity contribution in [2.24, 2.45) is 0 Å². The quantitative estimate of drug-likeness (QED) is 0.292. The van der Waals surface area contributed by atoms with Crippen LogP contribution in [0.25, 0.3) is 11.5 Å². The third-order valence-electron chi connectivity index (χ3n) is 7.51. The molecule has 0 saturated carbocycles. The Labute approximate surface area is 236 Å². The van der Waals surface area contributed by atoms with Crippen LogP contribution in [0.3, 0.4) is 0 Å². The van der Waals surface area contributed by atoms with E-state index in [0.717, 1.165) is 5.56 Å². The summed E-state index contributed by atoms with van der Waals surface area (Å²) in [6.45, 7) is 6.24. The summed E-state index contributed by atoms with van der Waals surface area (Å²) in [5.41, 5.74) is 2.05. The molecule has 1 fully saturated rings. The van der Waals surface area contributed by atoms with Gasteiger partial charge in [0.15, 0.2) is 0 Å². The standard InChI is InChI=1S/C28H31N9O4/c1-28(2)22-18(25(39)36(28)3)9-10-21(31-22)32-26-29-15-19(24-34-27(35-41-24)37-11-13-40-14-12-37)23(33-26)30-20(16-38)17-7-5-4-6-8-17/h4-10,15,20,38H,11-14,16H2,1-3H3,(H2,29,30,31,32,33)/t20-/m1/s1. The van der Waals surface area contributed by atoms with Crippen molar-refractivity contribution in [2.45, 2.75) is 25.4 Å². The van der Waals surface area contributed by atoms with E-state index in [2.05, 4.69) is 25.8 Å². The Morgan fingerprint density at radius 2 is 1.83 bits per heavy atom. The van der Waals surface area contributed by atoms with Crippen LogP contribution in [0, 0.1) is 0 Å². The fraction of sp³-hybridized carbons (Fsp3) is 0.357. The summed E-state index contributed by atoms with van der Waals surface area (Å²) in [6, 6.07) is 12.6. The van der Waals surface area contributed by atoms with Gasteiger partial charge < -0.3 is 34.8 Å². The summed E-state index contributed by atoms with van der Waals surface area (Å²) in [6.07, 6.45) is 1.59. The molecule has 6 rings (SSSR count). The second kappa shape index (κ2) is 10.7. The predicted molar refractivity (Wildman–Crippen MR) is 151 cm³/mol. The molecule has 0 spiro atoms. The Bertz CT molecular complexity index is 1550. The number of amides is 1. The molecule has 0 radical (unpaired) electrons. The first-order valence-electron chi connectivity index (χ1n) is 13.4. The smallest absolute Gasteiger partial charge is 0.266 e. The third-order valence-corrected chi connectivity index (χ3v) is 7.51. The number of carbonyl (C=O) groups is 1. The zero-order valence-electron chi connectivity index (χ0n) is 23.0. The second-order valence-electron chi connectivity index (χ2n) is 10.4. The highest BCUT2D eigenvalue weighted by atomic mass is 16.5. The number of hydrogen-bond acceptors (Lipinski definition) is 12. The molecule has 1 amide bonds. The molecule has 4 aromatic rings. The van der Waals surface area contributed by atoms with E-state index in [4.69, 9.17) is 19.2 Å². The average molecular weight is 558 g/mol. The van der Waals surface area contributed by atoms with Crippen LogP contribution in [0.2, 0.25) is 0 Å². The highest BCUT2D eigenvalue weighted by molar-refractivity contribution is 5.99. The molecular weight excluding hydrogens is 526 g/mol. The number of rotatable bonds is 8. The third kappa shape index (κ3) is 5.05. The topological polar surface area (TPSA) is 155 Å². The zero-order valence-corrected chi connectivity index (χ0v) is 23.0. The summed E-state index contributed by atoms with van der Waals surface area (Å²) in [7, 11) is 1.77. The normalized spacial score (nSPS) is 16.9. The number of nitrogens with zero attached hydrogens (tertiary/aromatic N) is 7. The predicted octanol–water partition coefficient (Wildman–Crippen LogP) is 2.97. The molecule has 1 atom stereocenters. The van der Waals surface area contributed by atoms with Crippen LogP contribution in [-0.4, -0.2) is 81.0 Å². The van der Waals surface area contributed by atoms with Gasteiger partial charge in [0, 0.05) is 26.3 Å². The maximum Gasteiger partial charge on any atom is 0.266 e. The first-order chi connectivity index (χ1) is 19.8. The summed E-state index contributed by atoms with van der Waals surface area (Å²) in [5, 5.41) is 20.9. The highest BCUT2D eigenvalue weighted by Gasteiger charge is 2.42. The number of pyridine rings is 1. The summed E-state index contributed by atoms with van der Waals surface area (Å²) in [4.78, 5) is 34.8. The van der Waals surface area contributed by atoms with Gasteiger partial charge in [-0.15, -0.1) is 0 Å². The number of ether oxygens (including phenoxy) is 1. The Morgan fingerprint density at radius 3 is 2.59 bits per heavy atom. The minimum atomic E-state index is -0.554. The van der Waals surface area contributed by atoms with Crippen LogP contribution in [0.1, 0.15) is 41.5 Å². The first kappa shape index (κ1) is 26.6. The monoisotopic (exact) mass is 557 g/mol. The fourth-order valence-electron chi connectivity index (χ4n) is 4.89. The number of aliphatic hydroxyl groups excluding tert-OH is 1. The molecule has 2 aliphatic rings. The number of benzene rings is 1. The van der Waals surface area contributed by atoms with Crippen molar-refractivity contribution in [1.29, 1.82) is 0 Å². The summed E-state index contributed by atoms with van der Waals surface area (Å²) in [5.74, 6) is 1.78. The van der Waals surface area contributed by atoms with Crippen molar-refractivity contribution < 1.29 is 19.2 Å². The molecule has 13 heteroatoms. The van der Waals surface area contributed by atoms with Gasteiger partial charge in [-0.25, -0.2) is 9.97 Å². The Kier molecular flexibility index (Phi) is 6.97. The molecule has 1 aromatic carbocycles. The Morgan fingerprint density at radius 1 is 1.05 bits per heavy atom. The van der Waals surface area contributed by atoms with Gasteiger partial charge in [0.05, 0.1) is 42.7 Å².